The van der Waals surface area contributed by atoms with Gasteiger partial charge in [-0.25, -0.2) is 0 Å². The molecule has 0 saturated heterocycles. The number of nitrogens with one attached hydrogen (secondary N) is 1. The zero-order valence-corrected chi connectivity index (χ0v) is 10.4. The van der Waals surface area contributed by atoms with E-state index in [4.69, 9.17) is 0 Å². The lowest BCUT2D eigenvalue weighted by atomic mass is 10.1. The Bertz CT molecular complexity index is 314. The summed E-state index contributed by atoms with van der Waals surface area (Å²) in [4.78, 5) is 1.67. The Morgan fingerprint density at radius 3 is 2.47 bits per heavy atom. The van der Waals surface area contributed by atoms with E-state index in [0.717, 1.165) is 13.0 Å². The van der Waals surface area contributed by atoms with Crippen molar-refractivity contribution in [2.24, 2.45) is 0 Å². The van der Waals surface area contributed by atoms with Crippen molar-refractivity contribution in [3.63, 3.8) is 0 Å². The Balaban J connectivity index is 2.49. The molecular formula is C13H20F2N2. The minimum absolute atomic E-state index is 0.0838. The van der Waals surface area contributed by atoms with Crippen LogP contribution in [-0.4, -0.2) is 38.6 Å². The normalized spacial score (nSPS) is 12.1. The molecule has 0 bridgehead atoms. The minimum atomic E-state index is -2.78. The molecule has 0 amide bonds. The first-order valence-corrected chi connectivity index (χ1v) is 5.83. The molecule has 1 rings (SSSR count). The molecule has 0 spiro atoms. The summed E-state index contributed by atoms with van der Waals surface area (Å²) >= 11 is 0. The van der Waals surface area contributed by atoms with Crippen LogP contribution in [-0.2, 0) is 5.92 Å². The van der Waals surface area contributed by atoms with Crippen molar-refractivity contribution in [3.8, 4) is 0 Å². The Hall–Kier alpha value is -1.00. The van der Waals surface area contributed by atoms with Gasteiger partial charge in [0.15, 0.2) is 0 Å². The number of nitrogens with zero attached hydrogens (tertiary/aromatic N) is 1. The highest BCUT2D eigenvalue weighted by molar-refractivity contribution is 5.20. The standard InChI is InChI=1S/C13H20F2N2/c1-16-9-6-10-17(2)11-13(14,15)12-7-4-3-5-8-12/h3-5,7-8,16H,6,9-11H2,1-2H3. The Morgan fingerprint density at radius 1 is 1.24 bits per heavy atom. The predicted octanol–water partition coefficient (Wildman–Crippen LogP) is 2.32. The van der Waals surface area contributed by atoms with E-state index in [9.17, 15) is 8.78 Å². The molecule has 17 heavy (non-hydrogen) atoms. The summed E-state index contributed by atoms with van der Waals surface area (Å²) < 4.78 is 27.7. The van der Waals surface area contributed by atoms with Crippen LogP contribution in [0.5, 0.6) is 0 Å². The van der Waals surface area contributed by atoms with E-state index in [1.54, 1.807) is 30.1 Å². The highest BCUT2D eigenvalue weighted by atomic mass is 19.3. The second-order valence-electron chi connectivity index (χ2n) is 4.27. The topological polar surface area (TPSA) is 15.3 Å². The monoisotopic (exact) mass is 242 g/mol. The first-order chi connectivity index (χ1) is 8.06. The molecule has 0 radical (unpaired) electrons. The molecule has 1 N–H and O–H groups in total. The van der Waals surface area contributed by atoms with Crippen LogP contribution in [0.15, 0.2) is 30.3 Å². The largest absolute Gasteiger partial charge is 0.320 e. The highest BCUT2D eigenvalue weighted by Gasteiger charge is 2.32. The van der Waals surface area contributed by atoms with Crippen LogP contribution in [0.4, 0.5) is 8.78 Å². The van der Waals surface area contributed by atoms with Gasteiger partial charge in [0.05, 0.1) is 6.54 Å². The summed E-state index contributed by atoms with van der Waals surface area (Å²) in [6.07, 6.45) is 0.873. The molecule has 0 saturated carbocycles. The zero-order chi connectivity index (χ0) is 12.7. The van der Waals surface area contributed by atoms with E-state index >= 15 is 0 Å². The first-order valence-electron chi connectivity index (χ1n) is 5.83. The molecule has 0 heterocycles. The van der Waals surface area contributed by atoms with Gasteiger partial charge in [0.1, 0.15) is 0 Å². The smallest absolute Gasteiger partial charge is 0.285 e. The maximum absolute atomic E-state index is 13.9. The molecule has 0 atom stereocenters. The molecule has 0 aromatic heterocycles. The van der Waals surface area contributed by atoms with Gasteiger partial charge in [-0.2, -0.15) is 8.78 Å². The van der Waals surface area contributed by atoms with Crippen LogP contribution < -0.4 is 5.32 Å². The van der Waals surface area contributed by atoms with Gasteiger partial charge in [-0.15, -0.1) is 0 Å². The summed E-state index contributed by atoms with van der Waals surface area (Å²) in [5.74, 6) is -2.78. The van der Waals surface area contributed by atoms with E-state index in [-0.39, 0.29) is 12.1 Å². The number of benzene rings is 1. The number of hydrogen-bond acceptors (Lipinski definition) is 2. The number of halogens is 2. The zero-order valence-electron chi connectivity index (χ0n) is 10.4. The van der Waals surface area contributed by atoms with Crippen molar-refractivity contribution in [3.05, 3.63) is 35.9 Å². The third kappa shape index (κ3) is 4.79. The van der Waals surface area contributed by atoms with Crippen LogP contribution in [0.3, 0.4) is 0 Å². The molecule has 4 heteroatoms. The van der Waals surface area contributed by atoms with Gasteiger partial charge in [-0.05, 0) is 33.6 Å². The van der Waals surface area contributed by atoms with Gasteiger partial charge in [0, 0.05) is 5.56 Å². The van der Waals surface area contributed by atoms with Gasteiger partial charge < -0.3 is 10.2 Å². The third-order valence-electron chi connectivity index (χ3n) is 2.63. The summed E-state index contributed by atoms with van der Waals surface area (Å²) in [7, 11) is 3.59. The van der Waals surface area contributed by atoms with Crippen LogP contribution in [0.2, 0.25) is 0 Å². The number of hydrogen-bond donors (Lipinski definition) is 1. The Labute approximate surface area is 102 Å². The first kappa shape index (κ1) is 14.1. The van der Waals surface area contributed by atoms with Crippen LogP contribution in [0.25, 0.3) is 0 Å². The number of rotatable bonds is 7. The summed E-state index contributed by atoms with van der Waals surface area (Å²) in [5.41, 5.74) is 0.0838. The molecule has 0 aliphatic carbocycles. The molecule has 0 fully saturated rings. The Morgan fingerprint density at radius 2 is 1.88 bits per heavy atom. The van der Waals surface area contributed by atoms with Crippen LogP contribution in [0.1, 0.15) is 12.0 Å². The molecule has 0 aliphatic heterocycles. The second kappa shape index (κ2) is 6.67. The van der Waals surface area contributed by atoms with E-state index in [1.165, 1.54) is 12.1 Å². The van der Waals surface area contributed by atoms with Crippen molar-refractivity contribution in [1.82, 2.24) is 10.2 Å². The molecule has 1 aromatic carbocycles. The fourth-order valence-electron chi connectivity index (χ4n) is 1.72. The van der Waals surface area contributed by atoms with E-state index in [0.29, 0.717) is 6.54 Å². The molecule has 0 unspecified atom stereocenters. The third-order valence-corrected chi connectivity index (χ3v) is 2.63. The van der Waals surface area contributed by atoms with Gasteiger partial charge in [-0.3, -0.25) is 0 Å². The van der Waals surface area contributed by atoms with Crippen molar-refractivity contribution < 1.29 is 8.78 Å². The number of likely N-dealkylation sites (N-methyl/N-ethyl adjacent to an activating group) is 1. The fraction of sp³-hybridized carbons (Fsp3) is 0.538. The molecule has 2 nitrogen and oxygen atoms in total. The van der Waals surface area contributed by atoms with Gasteiger partial charge in [0.2, 0.25) is 0 Å². The van der Waals surface area contributed by atoms with Gasteiger partial charge in [0.25, 0.3) is 5.92 Å². The van der Waals surface area contributed by atoms with Gasteiger partial charge in [-0.1, -0.05) is 30.3 Å². The van der Waals surface area contributed by atoms with Crippen LogP contribution >= 0.6 is 0 Å². The van der Waals surface area contributed by atoms with Crippen molar-refractivity contribution >= 4 is 0 Å². The van der Waals surface area contributed by atoms with E-state index in [2.05, 4.69) is 5.32 Å². The fourth-order valence-corrected chi connectivity index (χ4v) is 1.72. The number of alkyl halides is 2. The lowest BCUT2D eigenvalue weighted by molar-refractivity contribution is -0.0322. The maximum atomic E-state index is 13.9. The van der Waals surface area contributed by atoms with Crippen LogP contribution in [0, 0.1) is 0 Å². The van der Waals surface area contributed by atoms with Gasteiger partial charge >= 0.3 is 0 Å². The van der Waals surface area contributed by atoms with Crippen molar-refractivity contribution in [2.45, 2.75) is 12.3 Å². The molecule has 0 aliphatic rings. The van der Waals surface area contributed by atoms with Crippen molar-refractivity contribution in [2.75, 3.05) is 33.7 Å². The lowest BCUT2D eigenvalue weighted by Crippen LogP contribution is -2.34. The minimum Gasteiger partial charge on any atom is -0.320 e. The predicted molar refractivity (Wildman–Crippen MR) is 66.4 cm³/mol. The lowest BCUT2D eigenvalue weighted by Gasteiger charge is -2.24. The maximum Gasteiger partial charge on any atom is 0.285 e. The average Bonchev–Trinajstić information content (AvgIpc) is 2.30. The summed E-state index contributed by atoms with van der Waals surface area (Å²) in [6, 6.07) is 7.98. The van der Waals surface area contributed by atoms with E-state index in [1.807, 2.05) is 7.05 Å². The quantitative estimate of drug-likeness (QED) is 0.738. The summed E-state index contributed by atoms with van der Waals surface area (Å²) in [5, 5.41) is 3.00. The average molecular weight is 242 g/mol. The SMILES string of the molecule is CNCCCN(C)CC(F)(F)c1ccccc1. The highest BCUT2D eigenvalue weighted by Crippen LogP contribution is 2.28. The summed E-state index contributed by atoms with van der Waals surface area (Å²) in [6.45, 7) is 1.28. The van der Waals surface area contributed by atoms with Crippen molar-refractivity contribution in [1.29, 1.82) is 0 Å². The molecule has 1 aromatic rings. The Kier molecular flexibility index (Phi) is 5.51. The molecule has 96 valence electrons. The van der Waals surface area contributed by atoms with E-state index < -0.39 is 5.92 Å². The molecular weight excluding hydrogens is 222 g/mol. The second-order valence-corrected chi connectivity index (χ2v) is 4.27.